The third-order valence-electron chi connectivity index (χ3n) is 6.83. The lowest BCUT2D eigenvalue weighted by atomic mass is 9.95. The molecule has 0 bridgehead atoms. The standard InChI is InChI=1S/C32H31IN4O8S/c1-4-41-31(39)28-18(2)35-32(46)36-29(28)21-7-5-6-8-23(21)42-16-27(38)37-34-14-20-11-22(33)30(26(13-20)40-3)43-15-19-9-10-24-25(12-19)45-17-44-24/h5-14,29H,4,15-17H2,1-3H3,(H,37,38)(H2,35,36,46)/t29-/m0/s1. The van der Waals surface area contributed by atoms with Gasteiger partial charge in [0.1, 0.15) is 12.4 Å². The molecule has 3 N–H and O–H groups in total. The van der Waals surface area contributed by atoms with Crippen LogP contribution in [0.4, 0.5) is 0 Å². The number of fused-ring (bicyclic) bond motifs is 1. The van der Waals surface area contributed by atoms with Crippen LogP contribution in [-0.2, 0) is 20.9 Å². The SMILES string of the molecule is CCOC(=O)C1=C(C)NC(=S)N[C@H]1c1ccccc1OCC(=O)NN=Cc1cc(I)c(OCc2ccc3c(c2)OCO3)c(OC)c1. The van der Waals surface area contributed by atoms with Crippen LogP contribution in [0.5, 0.6) is 28.7 Å². The highest BCUT2D eigenvalue weighted by Gasteiger charge is 2.32. The molecule has 240 valence electrons. The number of allylic oxidation sites excluding steroid dienone is 1. The summed E-state index contributed by atoms with van der Waals surface area (Å²) in [5.41, 5.74) is 5.64. The van der Waals surface area contributed by atoms with Crippen molar-refractivity contribution < 1.29 is 38.0 Å². The van der Waals surface area contributed by atoms with E-state index in [0.717, 1.165) is 9.13 Å². The Morgan fingerprint density at radius 2 is 1.91 bits per heavy atom. The first kappa shape index (κ1) is 32.8. The van der Waals surface area contributed by atoms with Crippen molar-refractivity contribution in [3.8, 4) is 28.7 Å². The lowest BCUT2D eigenvalue weighted by Crippen LogP contribution is -2.45. The number of amides is 1. The van der Waals surface area contributed by atoms with Gasteiger partial charge in [0.25, 0.3) is 5.91 Å². The molecule has 2 aliphatic rings. The Balaban J connectivity index is 1.20. The number of carbonyl (C=O) groups is 2. The lowest BCUT2D eigenvalue weighted by molar-refractivity contribution is -0.139. The van der Waals surface area contributed by atoms with Crippen LogP contribution in [0.2, 0.25) is 0 Å². The molecule has 1 atom stereocenters. The number of halogens is 1. The zero-order valence-corrected chi connectivity index (χ0v) is 28.2. The molecule has 0 saturated heterocycles. The van der Waals surface area contributed by atoms with E-state index >= 15 is 0 Å². The first-order valence-corrected chi connectivity index (χ1v) is 15.6. The maximum atomic E-state index is 12.8. The number of ether oxygens (including phenoxy) is 6. The minimum Gasteiger partial charge on any atom is -0.493 e. The molecule has 0 fully saturated rings. The van der Waals surface area contributed by atoms with Gasteiger partial charge in [0.05, 0.1) is 35.1 Å². The number of nitrogens with one attached hydrogen (secondary N) is 3. The van der Waals surface area contributed by atoms with E-state index in [1.54, 1.807) is 51.3 Å². The molecule has 5 rings (SSSR count). The van der Waals surface area contributed by atoms with Crippen LogP contribution in [0.25, 0.3) is 0 Å². The predicted octanol–water partition coefficient (Wildman–Crippen LogP) is 4.49. The van der Waals surface area contributed by atoms with E-state index < -0.39 is 17.9 Å². The van der Waals surface area contributed by atoms with Crippen LogP contribution in [-0.4, -0.2) is 50.3 Å². The summed E-state index contributed by atoms with van der Waals surface area (Å²) in [6, 6.07) is 15.7. The molecule has 3 aromatic rings. The summed E-state index contributed by atoms with van der Waals surface area (Å²) >= 11 is 7.49. The van der Waals surface area contributed by atoms with Crippen molar-refractivity contribution in [2.45, 2.75) is 26.5 Å². The maximum Gasteiger partial charge on any atom is 0.338 e. The fraction of sp³-hybridized carbons (Fsp3) is 0.250. The summed E-state index contributed by atoms with van der Waals surface area (Å²) in [6.07, 6.45) is 1.50. The van der Waals surface area contributed by atoms with E-state index in [9.17, 15) is 9.59 Å². The largest absolute Gasteiger partial charge is 0.493 e. The second kappa shape index (κ2) is 15.1. The second-order valence-corrected chi connectivity index (χ2v) is 11.5. The number of nitrogens with zero attached hydrogens (tertiary/aromatic N) is 1. The molecule has 14 heteroatoms. The van der Waals surface area contributed by atoms with E-state index in [2.05, 4.69) is 43.8 Å². The van der Waals surface area contributed by atoms with E-state index in [1.807, 2.05) is 24.3 Å². The van der Waals surface area contributed by atoms with Gasteiger partial charge in [-0.15, -0.1) is 0 Å². The minimum absolute atomic E-state index is 0.207. The molecular formula is C32H31IN4O8S. The third-order valence-corrected chi connectivity index (χ3v) is 7.85. The van der Waals surface area contributed by atoms with E-state index in [4.69, 9.17) is 40.6 Å². The van der Waals surface area contributed by atoms with Gasteiger partial charge in [-0.3, -0.25) is 4.79 Å². The van der Waals surface area contributed by atoms with E-state index in [-0.39, 0.29) is 20.0 Å². The zero-order chi connectivity index (χ0) is 32.6. The number of esters is 1. The van der Waals surface area contributed by atoms with E-state index in [0.29, 0.717) is 62.9 Å². The fourth-order valence-corrected chi connectivity index (χ4v) is 5.80. The summed E-state index contributed by atoms with van der Waals surface area (Å²) in [6.45, 7) is 3.89. The van der Waals surface area contributed by atoms with Crippen molar-refractivity contribution >= 4 is 58.0 Å². The molecule has 0 aromatic heterocycles. The fourth-order valence-electron chi connectivity index (χ4n) is 4.75. The quantitative estimate of drug-likeness (QED) is 0.0793. The summed E-state index contributed by atoms with van der Waals surface area (Å²) < 4.78 is 34.4. The van der Waals surface area contributed by atoms with Crippen molar-refractivity contribution in [3.05, 3.63) is 86.1 Å². The van der Waals surface area contributed by atoms with Gasteiger partial charge in [-0.1, -0.05) is 24.3 Å². The first-order valence-electron chi connectivity index (χ1n) is 14.1. The number of hydrazone groups is 1. The summed E-state index contributed by atoms with van der Waals surface area (Å²) in [5.74, 6) is 1.91. The number of rotatable bonds is 12. The molecule has 0 spiro atoms. The molecular weight excluding hydrogens is 727 g/mol. The minimum atomic E-state index is -0.633. The van der Waals surface area contributed by atoms with Crippen molar-refractivity contribution in [3.63, 3.8) is 0 Å². The normalized spacial score (nSPS) is 15.2. The lowest BCUT2D eigenvalue weighted by Gasteiger charge is -2.30. The molecule has 0 saturated carbocycles. The first-order chi connectivity index (χ1) is 22.3. The van der Waals surface area contributed by atoms with Gasteiger partial charge < -0.3 is 39.1 Å². The predicted molar refractivity (Wildman–Crippen MR) is 181 cm³/mol. The Labute approximate surface area is 284 Å². The Kier molecular flexibility index (Phi) is 10.8. The van der Waals surface area contributed by atoms with Gasteiger partial charge in [0.15, 0.2) is 34.7 Å². The highest BCUT2D eigenvalue weighted by atomic mass is 127. The Hall–Kier alpha value is -4.57. The van der Waals surface area contributed by atoms with Crippen LogP contribution in [0.1, 0.15) is 36.6 Å². The van der Waals surface area contributed by atoms with Crippen LogP contribution < -0.4 is 39.7 Å². The molecule has 1 amide bonds. The third kappa shape index (κ3) is 7.80. The molecule has 0 radical (unpaired) electrons. The van der Waals surface area contributed by atoms with Crippen LogP contribution in [0.3, 0.4) is 0 Å². The zero-order valence-electron chi connectivity index (χ0n) is 25.2. The average molecular weight is 759 g/mol. The van der Waals surface area contributed by atoms with Gasteiger partial charge in [-0.25, -0.2) is 10.2 Å². The summed E-state index contributed by atoms with van der Waals surface area (Å²) in [5, 5.41) is 10.5. The number of carbonyl (C=O) groups excluding carboxylic acids is 2. The maximum absolute atomic E-state index is 12.8. The van der Waals surface area contributed by atoms with Crippen molar-refractivity contribution in [1.82, 2.24) is 16.1 Å². The number of para-hydroxylation sites is 1. The van der Waals surface area contributed by atoms with Crippen LogP contribution in [0, 0.1) is 3.57 Å². The highest BCUT2D eigenvalue weighted by molar-refractivity contribution is 14.1. The number of hydrogen-bond donors (Lipinski definition) is 3. The molecule has 12 nitrogen and oxygen atoms in total. The van der Waals surface area contributed by atoms with Gasteiger partial charge >= 0.3 is 5.97 Å². The van der Waals surface area contributed by atoms with Crippen molar-refractivity contribution in [2.75, 3.05) is 27.1 Å². The van der Waals surface area contributed by atoms with Crippen LogP contribution >= 0.6 is 34.8 Å². The van der Waals surface area contributed by atoms with Gasteiger partial charge in [0.2, 0.25) is 6.79 Å². The summed E-state index contributed by atoms with van der Waals surface area (Å²) in [4.78, 5) is 25.4. The highest BCUT2D eigenvalue weighted by Crippen LogP contribution is 2.36. The Bertz CT molecular complexity index is 1710. The molecule has 46 heavy (non-hydrogen) atoms. The average Bonchev–Trinajstić information content (AvgIpc) is 3.51. The summed E-state index contributed by atoms with van der Waals surface area (Å²) in [7, 11) is 1.55. The molecule has 2 aliphatic heterocycles. The van der Waals surface area contributed by atoms with Crippen LogP contribution in [0.15, 0.2) is 71.0 Å². The number of thiocarbonyl (C=S) groups is 1. The number of methoxy groups -OCH3 is 1. The van der Waals surface area contributed by atoms with Crippen molar-refractivity contribution in [1.29, 1.82) is 0 Å². The van der Waals surface area contributed by atoms with Crippen molar-refractivity contribution in [2.24, 2.45) is 5.10 Å². The molecule has 0 unspecified atom stereocenters. The van der Waals surface area contributed by atoms with Gasteiger partial charge in [-0.05, 0) is 90.1 Å². The molecule has 0 aliphatic carbocycles. The second-order valence-electron chi connectivity index (χ2n) is 9.92. The molecule has 3 aromatic carbocycles. The van der Waals surface area contributed by atoms with Gasteiger partial charge in [-0.2, -0.15) is 5.10 Å². The Morgan fingerprint density at radius 3 is 2.72 bits per heavy atom. The number of benzene rings is 3. The topological polar surface area (TPSA) is 138 Å². The molecule has 2 heterocycles. The van der Waals surface area contributed by atoms with E-state index in [1.165, 1.54) is 6.21 Å². The Morgan fingerprint density at radius 1 is 1.11 bits per heavy atom. The smallest absolute Gasteiger partial charge is 0.338 e. The monoisotopic (exact) mass is 758 g/mol. The van der Waals surface area contributed by atoms with Gasteiger partial charge in [0, 0.05) is 11.3 Å². The number of hydrogen-bond acceptors (Lipinski definition) is 10.